The maximum absolute atomic E-state index is 4.26. The molecular formula is C11H13N5. The van der Waals surface area contributed by atoms with Gasteiger partial charge in [0.1, 0.15) is 18.0 Å². The average Bonchev–Trinajstić information content (AvgIpc) is 2.77. The molecule has 0 spiro atoms. The molecule has 2 aromatic rings. The molecule has 1 unspecified atom stereocenters. The van der Waals surface area contributed by atoms with Crippen molar-refractivity contribution in [1.29, 1.82) is 0 Å². The van der Waals surface area contributed by atoms with Gasteiger partial charge in [0, 0.05) is 18.7 Å². The van der Waals surface area contributed by atoms with Crippen LogP contribution in [-0.4, -0.2) is 25.8 Å². The van der Waals surface area contributed by atoms with Gasteiger partial charge in [-0.25, -0.2) is 14.6 Å². The summed E-state index contributed by atoms with van der Waals surface area (Å²) in [6.07, 6.45) is 5.48. The molecule has 0 bridgehead atoms. The normalized spacial score (nSPS) is 19.1. The second-order valence-corrected chi connectivity index (χ2v) is 3.95. The standard InChI is InChI=1S/C11H13N5/c1-2-6-12-10(3-1)15-9-4-5-11-13-8-14-16(11)7-9/h1-3,6,8-9H,4-5,7H2,(H,12,15). The molecular weight excluding hydrogens is 202 g/mol. The number of fused-ring (bicyclic) bond motifs is 1. The molecule has 2 aromatic heterocycles. The van der Waals surface area contributed by atoms with Crippen LogP contribution in [0.2, 0.25) is 0 Å². The summed E-state index contributed by atoms with van der Waals surface area (Å²) >= 11 is 0. The van der Waals surface area contributed by atoms with Crippen molar-refractivity contribution in [2.45, 2.75) is 25.4 Å². The first-order valence-corrected chi connectivity index (χ1v) is 5.46. The second kappa shape index (κ2) is 3.92. The van der Waals surface area contributed by atoms with Crippen molar-refractivity contribution in [3.8, 4) is 0 Å². The highest BCUT2D eigenvalue weighted by molar-refractivity contribution is 5.34. The summed E-state index contributed by atoms with van der Waals surface area (Å²) in [5.41, 5.74) is 0. The van der Waals surface area contributed by atoms with Crippen molar-refractivity contribution in [1.82, 2.24) is 19.7 Å². The molecule has 1 aliphatic rings. The van der Waals surface area contributed by atoms with Crippen molar-refractivity contribution in [2.75, 3.05) is 5.32 Å². The summed E-state index contributed by atoms with van der Waals surface area (Å²) < 4.78 is 1.96. The fourth-order valence-electron chi connectivity index (χ4n) is 2.01. The van der Waals surface area contributed by atoms with E-state index in [4.69, 9.17) is 0 Å². The number of nitrogens with zero attached hydrogens (tertiary/aromatic N) is 4. The zero-order chi connectivity index (χ0) is 10.8. The fourth-order valence-corrected chi connectivity index (χ4v) is 2.01. The zero-order valence-electron chi connectivity index (χ0n) is 8.87. The predicted octanol–water partition coefficient (Wildman–Crippen LogP) is 1.10. The molecule has 0 aromatic carbocycles. The summed E-state index contributed by atoms with van der Waals surface area (Å²) in [6.45, 7) is 0.867. The highest BCUT2D eigenvalue weighted by Crippen LogP contribution is 2.15. The molecule has 0 aliphatic carbocycles. The number of aryl methyl sites for hydroxylation is 1. The van der Waals surface area contributed by atoms with Crippen LogP contribution in [0.5, 0.6) is 0 Å². The summed E-state index contributed by atoms with van der Waals surface area (Å²) in [5, 5.41) is 7.61. The van der Waals surface area contributed by atoms with E-state index in [2.05, 4.69) is 20.4 Å². The van der Waals surface area contributed by atoms with E-state index in [0.717, 1.165) is 31.0 Å². The number of hydrogen-bond acceptors (Lipinski definition) is 4. The molecule has 5 nitrogen and oxygen atoms in total. The highest BCUT2D eigenvalue weighted by Gasteiger charge is 2.19. The first kappa shape index (κ1) is 9.33. The van der Waals surface area contributed by atoms with Crippen molar-refractivity contribution in [3.63, 3.8) is 0 Å². The van der Waals surface area contributed by atoms with E-state index in [0.29, 0.717) is 6.04 Å². The maximum Gasteiger partial charge on any atom is 0.138 e. The van der Waals surface area contributed by atoms with Crippen LogP contribution in [0.15, 0.2) is 30.7 Å². The van der Waals surface area contributed by atoms with Crippen LogP contribution in [-0.2, 0) is 13.0 Å². The lowest BCUT2D eigenvalue weighted by molar-refractivity contribution is 0.441. The number of nitrogens with one attached hydrogen (secondary N) is 1. The van der Waals surface area contributed by atoms with E-state index in [1.165, 1.54) is 0 Å². The van der Waals surface area contributed by atoms with Crippen molar-refractivity contribution in [3.05, 3.63) is 36.5 Å². The van der Waals surface area contributed by atoms with Crippen molar-refractivity contribution >= 4 is 5.82 Å². The Hall–Kier alpha value is -1.91. The molecule has 16 heavy (non-hydrogen) atoms. The third-order valence-electron chi connectivity index (χ3n) is 2.82. The minimum atomic E-state index is 0.393. The van der Waals surface area contributed by atoms with Gasteiger partial charge >= 0.3 is 0 Å². The number of pyridine rings is 1. The Kier molecular flexibility index (Phi) is 2.29. The van der Waals surface area contributed by atoms with E-state index in [1.807, 2.05) is 22.9 Å². The van der Waals surface area contributed by atoms with Gasteiger partial charge in [-0.15, -0.1) is 0 Å². The van der Waals surface area contributed by atoms with Crippen LogP contribution in [0.25, 0.3) is 0 Å². The van der Waals surface area contributed by atoms with E-state index >= 15 is 0 Å². The second-order valence-electron chi connectivity index (χ2n) is 3.95. The van der Waals surface area contributed by atoms with Crippen LogP contribution < -0.4 is 5.32 Å². The van der Waals surface area contributed by atoms with Gasteiger partial charge < -0.3 is 5.32 Å². The smallest absolute Gasteiger partial charge is 0.138 e. The quantitative estimate of drug-likeness (QED) is 0.815. The molecule has 0 saturated carbocycles. The monoisotopic (exact) mass is 215 g/mol. The minimum absolute atomic E-state index is 0.393. The van der Waals surface area contributed by atoms with E-state index < -0.39 is 0 Å². The molecule has 0 saturated heterocycles. The Balaban J connectivity index is 1.71. The fraction of sp³-hybridized carbons (Fsp3) is 0.364. The maximum atomic E-state index is 4.26. The largest absolute Gasteiger partial charge is 0.365 e. The highest BCUT2D eigenvalue weighted by atomic mass is 15.3. The lowest BCUT2D eigenvalue weighted by Crippen LogP contribution is -2.32. The predicted molar refractivity (Wildman–Crippen MR) is 60.0 cm³/mol. The first-order chi connectivity index (χ1) is 7.92. The molecule has 0 radical (unpaired) electrons. The number of rotatable bonds is 2. The summed E-state index contributed by atoms with van der Waals surface area (Å²) in [6, 6.07) is 6.28. The molecule has 0 fully saturated rings. The average molecular weight is 215 g/mol. The van der Waals surface area contributed by atoms with Crippen LogP contribution in [0.4, 0.5) is 5.82 Å². The van der Waals surface area contributed by atoms with Crippen LogP contribution in [0, 0.1) is 0 Å². The molecule has 1 aliphatic heterocycles. The Bertz CT molecular complexity index is 464. The molecule has 0 amide bonds. The Morgan fingerprint density at radius 2 is 2.31 bits per heavy atom. The minimum Gasteiger partial charge on any atom is -0.365 e. The lowest BCUT2D eigenvalue weighted by atomic mass is 10.1. The first-order valence-electron chi connectivity index (χ1n) is 5.46. The van der Waals surface area contributed by atoms with Crippen molar-refractivity contribution < 1.29 is 0 Å². The van der Waals surface area contributed by atoms with Crippen LogP contribution >= 0.6 is 0 Å². The molecule has 3 heterocycles. The molecule has 5 heteroatoms. The Morgan fingerprint density at radius 1 is 1.31 bits per heavy atom. The molecule has 1 N–H and O–H groups in total. The van der Waals surface area contributed by atoms with Crippen molar-refractivity contribution in [2.24, 2.45) is 0 Å². The van der Waals surface area contributed by atoms with Gasteiger partial charge in [-0.1, -0.05) is 6.07 Å². The third-order valence-corrected chi connectivity index (χ3v) is 2.82. The van der Waals surface area contributed by atoms with E-state index in [1.54, 1.807) is 12.5 Å². The van der Waals surface area contributed by atoms with Crippen LogP contribution in [0.1, 0.15) is 12.2 Å². The topological polar surface area (TPSA) is 55.6 Å². The van der Waals surface area contributed by atoms with Gasteiger partial charge in [-0.3, -0.25) is 0 Å². The van der Waals surface area contributed by atoms with Gasteiger partial charge in [-0.05, 0) is 18.6 Å². The zero-order valence-corrected chi connectivity index (χ0v) is 8.87. The summed E-state index contributed by atoms with van der Waals surface area (Å²) in [7, 11) is 0. The summed E-state index contributed by atoms with van der Waals surface area (Å²) in [4.78, 5) is 8.47. The number of anilines is 1. The van der Waals surface area contributed by atoms with Gasteiger partial charge in [0.25, 0.3) is 0 Å². The van der Waals surface area contributed by atoms with Gasteiger partial charge in [0.2, 0.25) is 0 Å². The number of hydrogen-bond donors (Lipinski definition) is 1. The Morgan fingerprint density at radius 3 is 3.19 bits per heavy atom. The SMILES string of the molecule is c1ccc(NC2CCc3ncnn3C2)nc1. The summed E-state index contributed by atoms with van der Waals surface area (Å²) in [5.74, 6) is 2.01. The molecule has 1 atom stereocenters. The third kappa shape index (κ3) is 1.76. The molecule has 82 valence electrons. The van der Waals surface area contributed by atoms with Gasteiger partial charge in [-0.2, -0.15) is 5.10 Å². The number of aromatic nitrogens is 4. The van der Waals surface area contributed by atoms with Crippen LogP contribution in [0.3, 0.4) is 0 Å². The van der Waals surface area contributed by atoms with E-state index in [-0.39, 0.29) is 0 Å². The van der Waals surface area contributed by atoms with Gasteiger partial charge in [0.15, 0.2) is 0 Å². The Labute approximate surface area is 93.5 Å². The van der Waals surface area contributed by atoms with Gasteiger partial charge in [0.05, 0.1) is 6.54 Å². The van der Waals surface area contributed by atoms with E-state index in [9.17, 15) is 0 Å². The lowest BCUT2D eigenvalue weighted by Gasteiger charge is -2.23. The molecule has 3 rings (SSSR count).